The molecule has 0 aromatic heterocycles. The molecule has 0 radical (unpaired) electrons. The number of allylic oxidation sites excluding steroid dienone is 1. The molecule has 4 nitrogen and oxygen atoms in total. The van der Waals surface area contributed by atoms with E-state index < -0.39 is 30.0 Å². The summed E-state index contributed by atoms with van der Waals surface area (Å²) in [6.07, 6.45) is -0.869. The van der Waals surface area contributed by atoms with Gasteiger partial charge in [-0.25, -0.2) is 0 Å². The van der Waals surface area contributed by atoms with Crippen LogP contribution in [-0.4, -0.2) is 24.0 Å². The van der Waals surface area contributed by atoms with Crippen LogP contribution in [0.5, 0.6) is 0 Å². The first kappa shape index (κ1) is 11.9. The number of alkyl halides is 3. The molecule has 3 N–H and O–H groups in total. The molecule has 1 saturated carbocycles. The summed E-state index contributed by atoms with van der Waals surface area (Å²) in [7, 11) is 0. The van der Waals surface area contributed by atoms with Crippen molar-refractivity contribution in [3.63, 3.8) is 0 Å². The molecule has 7 heteroatoms. The second kappa shape index (κ2) is 3.75. The van der Waals surface area contributed by atoms with Gasteiger partial charge in [0.2, 0.25) is 5.91 Å². The van der Waals surface area contributed by atoms with E-state index in [1.165, 1.54) is 0 Å². The Kier molecular flexibility index (Phi) is 2.63. The fourth-order valence-electron chi connectivity index (χ4n) is 2.64. The number of nitrogens with two attached hydrogens (primary N) is 1. The Morgan fingerprint density at radius 1 is 1.24 bits per heavy atom. The highest BCUT2D eigenvalue weighted by atomic mass is 19.4. The van der Waals surface area contributed by atoms with Crippen LogP contribution in [0.25, 0.3) is 0 Å². The van der Waals surface area contributed by atoms with Crippen LogP contribution in [0, 0.1) is 17.8 Å². The molecule has 2 bridgehead atoms. The normalized spacial score (nSPS) is 35.0. The average molecular weight is 248 g/mol. The highest BCUT2D eigenvalue weighted by Gasteiger charge is 2.50. The fourth-order valence-corrected chi connectivity index (χ4v) is 2.64. The zero-order valence-corrected chi connectivity index (χ0v) is 8.70. The first-order valence-corrected chi connectivity index (χ1v) is 5.16. The Balaban J connectivity index is 2.13. The van der Waals surface area contributed by atoms with Crippen molar-refractivity contribution >= 4 is 11.8 Å². The van der Waals surface area contributed by atoms with Crippen molar-refractivity contribution in [2.45, 2.75) is 18.6 Å². The molecular formula is C10H11F3N2O2. The summed E-state index contributed by atoms with van der Waals surface area (Å²) in [6, 6.07) is -0.836. The number of carbonyl (C=O) groups is 2. The van der Waals surface area contributed by atoms with Crippen molar-refractivity contribution < 1.29 is 22.8 Å². The number of amides is 2. The number of nitrogens with one attached hydrogen (secondary N) is 1. The summed E-state index contributed by atoms with van der Waals surface area (Å²) in [5.74, 6) is -3.82. The maximum Gasteiger partial charge on any atom is 0.471 e. The number of carbonyl (C=O) groups excluding carboxylic acids is 2. The van der Waals surface area contributed by atoms with Crippen LogP contribution in [0.4, 0.5) is 13.2 Å². The van der Waals surface area contributed by atoms with Gasteiger partial charge >= 0.3 is 12.1 Å². The van der Waals surface area contributed by atoms with E-state index in [0.717, 1.165) is 0 Å². The van der Waals surface area contributed by atoms with Crippen LogP contribution in [0.15, 0.2) is 12.2 Å². The van der Waals surface area contributed by atoms with Crippen LogP contribution < -0.4 is 11.1 Å². The van der Waals surface area contributed by atoms with E-state index in [1.54, 1.807) is 12.2 Å². The summed E-state index contributed by atoms with van der Waals surface area (Å²) in [6.45, 7) is 0. The number of hydrogen-bond acceptors (Lipinski definition) is 2. The summed E-state index contributed by atoms with van der Waals surface area (Å²) in [5.41, 5.74) is 5.15. The molecule has 4 atom stereocenters. The molecule has 1 unspecified atom stereocenters. The molecule has 94 valence electrons. The molecule has 2 amide bonds. The molecule has 2 aliphatic carbocycles. The van der Waals surface area contributed by atoms with Gasteiger partial charge in [0.1, 0.15) is 0 Å². The molecule has 0 aliphatic heterocycles. The summed E-state index contributed by atoms with van der Waals surface area (Å²) >= 11 is 0. The lowest BCUT2D eigenvalue weighted by molar-refractivity contribution is -0.175. The zero-order chi connectivity index (χ0) is 12.8. The van der Waals surface area contributed by atoms with Gasteiger partial charge in [0, 0.05) is 6.04 Å². The van der Waals surface area contributed by atoms with Gasteiger partial charge in [0.05, 0.1) is 5.92 Å². The smallest absolute Gasteiger partial charge is 0.369 e. The minimum Gasteiger partial charge on any atom is -0.369 e. The maximum absolute atomic E-state index is 12.1. The highest BCUT2D eigenvalue weighted by Crippen LogP contribution is 2.43. The number of fused-ring (bicyclic) bond motifs is 2. The van der Waals surface area contributed by atoms with Gasteiger partial charge in [0.15, 0.2) is 0 Å². The Morgan fingerprint density at radius 3 is 2.35 bits per heavy atom. The Hall–Kier alpha value is -1.53. The van der Waals surface area contributed by atoms with Gasteiger partial charge in [-0.1, -0.05) is 12.2 Å². The second-order valence-corrected chi connectivity index (χ2v) is 4.37. The van der Waals surface area contributed by atoms with Crippen LogP contribution in [0.2, 0.25) is 0 Å². The third kappa shape index (κ3) is 2.01. The first-order chi connectivity index (χ1) is 7.80. The van der Waals surface area contributed by atoms with Crippen LogP contribution >= 0.6 is 0 Å². The van der Waals surface area contributed by atoms with E-state index in [0.29, 0.717) is 6.42 Å². The second-order valence-electron chi connectivity index (χ2n) is 4.37. The predicted octanol–water partition coefficient (Wildman–Crippen LogP) is 0.341. The maximum atomic E-state index is 12.1. The van der Waals surface area contributed by atoms with Gasteiger partial charge in [-0.2, -0.15) is 13.2 Å². The standard InChI is InChI=1S/C10H11F3N2O2/c11-10(12,13)9(17)15-7-5-2-1-4(3-5)6(7)8(14)16/h1-2,4-7H,3H2,(H2,14,16)(H,15,17)/t4-,5-,6-,7?/m0/s1. The zero-order valence-electron chi connectivity index (χ0n) is 8.70. The molecule has 1 fully saturated rings. The van der Waals surface area contributed by atoms with Gasteiger partial charge in [-0.3, -0.25) is 9.59 Å². The molecule has 2 rings (SSSR count). The van der Waals surface area contributed by atoms with Crippen molar-refractivity contribution in [2.24, 2.45) is 23.5 Å². The van der Waals surface area contributed by atoms with E-state index in [9.17, 15) is 22.8 Å². The number of primary amides is 1. The molecule has 0 saturated heterocycles. The lowest BCUT2D eigenvalue weighted by Gasteiger charge is -2.26. The van der Waals surface area contributed by atoms with E-state index in [4.69, 9.17) is 5.73 Å². The number of hydrogen-bond donors (Lipinski definition) is 2. The Morgan fingerprint density at radius 2 is 1.82 bits per heavy atom. The van der Waals surface area contributed by atoms with Crippen molar-refractivity contribution in [1.29, 1.82) is 0 Å². The van der Waals surface area contributed by atoms with Crippen LogP contribution in [-0.2, 0) is 9.59 Å². The van der Waals surface area contributed by atoms with E-state index in [-0.39, 0.29) is 11.8 Å². The largest absolute Gasteiger partial charge is 0.471 e. The molecule has 0 aromatic carbocycles. The molecule has 0 aromatic rings. The van der Waals surface area contributed by atoms with Crippen molar-refractivity contribution in [3.05, 3.63) is 12.2 Å². The first-order valence-electron chi connectivity index (χ1n) is 5.16. The van der Waals surface area contributed by atoms with Gasteiger partial charge in [0.25, 0.3) is 0 Å². The van der Waals surface area contributed by atoms with Gasteiger partial charge in [-0.15, -0.1) is 0 Å². The number of rotatable bonds is 2. The van der Waals surface area contributed by atoms with E-state index in [1.807, 2.05) is 5.32 Å². The number of halogens is 3. The van der Waals surface area contributed by atoms with Crippen molar-refractivity contribution in [1.82, 2.24) is 5.32 Å². The van der Waals surface area contributed by atoms with Gasteiger partial charge in [-0.05, 0) is 18.3 Å². The van der Waals surface area contributed by atoms with Crippen LogP contribution in [0.1, 0.15) is 6.42 Å². The molecular weight excluding hydrogens is 237 g/mol. The van der Waals surface area contributed by atoms with Gasteiger partial charge < -0.3 is 11.1 Å². The third-order valence-electron chi connectivity index (χ3n) is 3.34. The lowest BCUT2D eigenvalue weighted by atomic mass is 9.88. The summed E-state index contributed by atoms with van der Waals surface area (Å²) < 4.78 is 36.4. The van der Waals surface area contributed by atoms with Crippen molar-refractivity contribution in [3.8, 4) is 0 Å². The fraction of sp³-hybridized carbons (Fsp3) is 0.600. The lowest BCUT2D eigenvalue weighted by Crippen LogP contribution is -2.51. The topological polar surface area (TPSA) is 72.2 Å². The van der Waals surface area contributed by atoms with Crippen molar-refractivity contribution in [2.75, 3.05) is 0 Å². The minimum atomic E-state index is -4.94. The predicted molar refractivity (Wildman–Crippen MR) is 51.4 cm³/mol. The average Bonchev–Trinajstić information content (AvgIpc) is 2.75. The molecule has 17 heavy (non-hydrogen) atoms. The summed E-state index contributed by atoms with van der Waals surface area (Å²) in [5, 5.41) is 1.87. The third-order valence-corrected chi connectivity index (χ3v) is 3.34. The SMILES string of the molecule is NC(=O)[C@@H]1C(NC(=O)C(F)(F)F)[C@H]2C=C[C@H]1C2. The summed E-state index contributed by atoms with van der Waals surface area (Å²) in [4.78, 5) is 22.0. The minimum absolute atomic E-state index is 0.156. The molecule has 0 spiro atoms. The Labute approximate surface area is 95.0 Å². The highest BCUT2D eigenvalue weighted by molar-refractivity contribution is 5.84. The van der Waals surface area contributed by atoms with E-state index >= 15 is 0 Å². The quantitative estimate of drug-likeness (QED) is 0.692. The molecule has 2 aliphatic rings. The van der Waals surface area contributed by atoms with E-state index in [2.05, 4.69) is 0 Å². The molecule has 0 heterocycles. The van der Waals surface area contributed by atoms with Crippen LogP contribution in [0.3, 0.4) is 0 Å². The Bertz CT molecular complexity index is 392. The monoisotopic (exact) mass is 248 g/mol.